The second-order valence-electron chi connectivity index (χ2n) is 3.83. The van der Waals surface area contributed by atoms with Gasteiger partial charge in [0.1, 0.15) is 12.4 Å². The summed E-state index contributed by atoms with van der Waals surface area (Å²) in [6.07, 6.45) is 1.61. The van der Waals surface area contributed by atoms with Crippen molar-refractivity contribution >= 4 is 5.69 Å². The molecule has 6 heteroatoms. The van der Waals surface area contributed by atoms with Gasteiger partial charge in [-0.3, -0.25) is 10.1 Å². The Balaban J connectivity index is 1.75. The van der Waals surface area contributed by atoms with E-state index >= 15 is 0 Å². The molecule has 1 aromatic heterocycles. The van der Waals surface area contributed by atoms with Gasteiger partial charge < -0.3 is 14.5 Å². The van der Waals surface area contributed by atoms with Gasteiger partial charge in [0, 0.05) is 12.6 Å². The Morgan fingerprint density at radius 2 is 2.11 bits per heavy atom. The molecular weight excluding hydrogens is 248 g/mol. The summed E-state index contributed by atoms with van der Waals surface area (Å²) in [6, 6.07) is 10.0. The first-order valence-electron chi connectivity index (χ1n) is 5.86. The van der Waals surface area contributed by atoms with Crippen molar-refractivity contribution in [3.63, 3.8) is 0 Å². The first-order valence-corrected chi connectivity index (χ1v) is 5.86. The molecule has 0 unspecified atom stereocenters. The summed E-state index contributed by atoms with van der Waals surface area (Å²) in [4.78, 5) is 10.3. The molecule has 0 saturated carbocycles. The van der Waals surface area contributed by atoms with Crippen LogP contribution >= 0.6 is 0 Å². The number of nitro benzene ring substituents is 1. The minimum absolute atomic E-state index is 0.0199. The molecule has 100 valence electrons. The quantitative estimate of drug-likeness (QED) is 0.471. The fourth-order valence-corrected chi connectivity index (χ4v) is 1.59. The largest absolute Gasteiger partial charge is 0.485 e. The third kappa shape index (κ3) is 3.82. The number of nitrogens with zero attached hydrogens (tertiary/aromatic N) is 1. The molecule has 1 heterocycles. The fraction of sp³-hybridized carbons (Fsp3) is 0.231. The highest BCUT2D eigenvalue weighted by Gasteiger charge is 2.12. The van der Waals surface area contributed by atoms with E-state index in [9.17, 15) is 10.1 Å². The number of nitro groups is 1. The summed E-state index contributed by atoms with van der Waals surface area (Å²) in [7, 11) is 0. The molecule has 19 heavy (non-hydrogen) atoms. The standard InChI is InChI=1S/C13H14N2O4/c16-15(17)12-5-1-2-6-13(12)19-9-7-14-10-11-4-3-8-18-11/h1-6,8,14H,7,9-10H2. The van der Waals surface area contributed by atoms with Crippen LogP contribution in [0.4, 0.5) is 5.69 Å². The second-order valence-corrected chi connectivity index (χ2v) is 3.83. The number of benzene rings is 1. The summed E-state index contributed by atoms with van der Waals surface area (Å²) >= 11 is 0. The number of ether oxygens (including phenoxy) is 1. The first-order chi connectivity index (χ1) is 9.27. The Labute approximate surface area is 110 Å². The van der Waals surface area contributed by atoms with E-state index in [0.29, 0.717) is 19.7 Å². The van der Waals surface area contributed by atoms with Crippen LogP contribution in [0.3, 0.4) is 0 Å². The van der Waals surface area contributed by atoms with Crippen LogP contribution in [0.15, 0.2) is 47.1 Å². The molecule has 6 nitrogen and oxygen atoms in total. The molecule has 0 atom stereocenters. The Bertz CT molecular complexity index is 525. The molecular formula is C13H14N2O4. The van der Waals surface area contributed by atoms with Crippen LogP contribution in [-0.2, 0) is 6.54 Å². The summed E-state index contributed by atoms with van der Waals surface area (Å²) in [6.45, 7) is 1.53. The first kappa shape index (κ1) is 13.1. The molecule has 0 aliphatic carbocycles. The van der Waals surface area contributed by atoms with Gasteiger partial charge in [-0.1, -0.05) is 12.1 Å². The average molecular weight is 262 g/mol. The van der Waals surface area contributed by atoms with E-state index in [2.05, 4.69) is 5.32 Å². The Kier molecular flexibility index (Phi) is 4.52. The van der Waals surface area contributed by atoms with Gasteiger partial charge in [0.15, 0.2) is 5.75 Å². The van der Waals surface area contributed by atoms with E-state index in [1.807, 2.05) is 12.1 Å². The zero-order chi connectivity index (χ0) is 13.5. The summed E-state index contributed by atoms with van der Waals surface area (Å²) in [5.41, 5.74) is -0.0199. The highest BCUT2D eigenvalue weighted by molar-refractivity contribution is 5.45. The lowest BCUT2D eigenvalue weighted by Gasteiger charge is -2.07. The third-order valence-electron chi connectivity index (χ3n) is 2.48. The van der Waals surface area contributed by atoms with Crippen LogP contribution in [0.1, 0.15) is 5.76 Å². The highest BCUT2D eigenvalue weighted by atomic mass is 16.6. The highest BCUT2D eigenvalue weighted by Crippen LogP contribution is 2.25. The number of furan rings is 1. The van der Waals surface area contributed by atoms with Crippen LogP contribution in [0.5, 0.6) is 5.75 Å². The fourth-order valence-electron chi connectivity index (χ4n) is 1.59. The van der Waals surface area contributed by atoms with Gasteiger partial charge in [-0.25, -0.2) is 0 Å². The summed E-state index contributed by atoms with van der Waals surface area (Å²) in [5.74, 6) is 1.12. The average Bonchev–Trinajstić information content (AvgIpc) is 2.92. The molecule has 0 aliphatic heterocycles. The van der Waals surface area contributed by atoms with Gasteiger partial charge in [-0.2, -0.15) is 0 Å². The van der Waals surface area contributed by atoms with E-state index < -0.39 is 4.92 Å². The maximum absolute atomic E-state index is 10.8. The molecule has 0 spiro atoms. The van der Waals surface area contributed by atoms with Crippen molar-refractivity contribution in [1.82, 2.24) is 5.32 Å². The lowest BCUT2D eigenvalue weighted by atomic mass is 10.3. The molecule has 0 saturated heterocycles. The van der Waals surface area contributed by atoms with Gasteiger partial charge in [0.05, 0.1) is 17.7 Å². The van der Waals surface area contributed by atoms with Crippen molar-refractivity contribution in [2.75, 3.05) is 13.2 Å². The second kappa shape index (κ2) is 6.55. The summed E-state index contributed by atoms with van der Waals surface area (Å²) in [5, 5.41) is 13.9. The maximum atomic E-state index is 10.8. The Hall–Kier alpha value is -2.34. The van der Waals surface area contributed by atoms with E-state index in [-0.39, 0.29) is 11.4 Å². The van der Waals surface area contributed by atoms with E-state index in [1.165, 1.54) is 6.07 Å². The lowest BCUT2D eigenvalue weighted by Crippen LogP contribution is -2.20. The number of hydrogen-bond acceptors (Lipinski definition) is 5. The SMILES string of the molecule is O=[N+]([O-])c1ccccc1OCCNCc1ccco1. The number of hydrogen-bond donors (Lipinski definition) is 1. The van der Waals surface area contributed by atoms with Gasteiger partial charge in [0.2, 0.25) is 0 Å². The van der Waals surface area contributed by atoms with Crippen molar-refractivity contribution in [3.8, 4) is 5.75 Å². The van der Waals surface area contributed by atoms with Gasteiger partial charge in [-0.05, 0) is 18.2 Å². The van der Waals surface area contributed by atoms with Crippen LogP contribution in [0, 0.1) is 10.1 Å². The third-order valence-corrected chi connectivity index (χ3v) is 2.48. The zero-order valence-corrected chi connectivity index (χ0v) is 10.2. The Morgan fingerprint density at radius 3 is 2.84 bits per heavy atom. The number of nitrogens with one attached hydrogen (secondary N) is 1. The normalized spacial score (nSPS) is 10.3. The van der Waals surface area contributed by atoms with Crippen molar-refractivity contribution in [1.29, 1.82) is 0 Å². The monoisotopic (exact) mass is 262 g/mol. The zero-order valence-electron chi connectivity index (χ0n) is 10.2. The topological polar surface area (TPSA) is 77.5 Å². The van der Waals surface area contributed by atoms with Crippen molar-refractivity contribution in [2.45, 2.75) is 6.54 Å². The molecule has 0 radical (unpaired) electrons. The maximum Gasteiger partial charge on any atom is 0.310 e. The van der Waals surface area contributed by atoms with Crippen LogP contribution < -0.4 is 10.1 Å². The number of rotatable bonds is 7. The molecule has 2 rings (SSSR count). The van der Waals surface area contributed by atoms with Crippen LogP contribution in [0.25, 0.3) is 0 Å². The Morgan fingerprint density at radius 1 is 1.26 bits per heavy atom. The van der Waals surface area contributed by atoms with E-state index in [1.54, 1.807) is 24.5 Å². The molecule has 0 aliphatic rings. The predicted molar refractivity (Wildman–Crippen MR) is 69.0 cm³/mol. The van der Waals surface area contributed by atoms with Crippen molar-refractivity contribution < 1.29 is 14.1 Å². The van der Waals surface area contributed by atoms with Crippen LogP contribution in [0.2, 0.25) is 0 Å². The minimum atomic E-state index is -0.453. The van der Waals surface area contributed by atoms with Crippen molar-refractivity contribution in [3.05, 3.63) is 58.5 Å². The minimum Gasteiger partial charge on any atom is -0.485 e. The van der Waals surface area contributed by atoms with Crippen molar-refractivity contribution in [2.24, 2.45) is 0 Å². The predicted octanol–water partition coefficient (Wildman–Crippen LogP) is 2.36. The smallest absolute Gasteiger partial charge is 0.310 e. The van der Waals surface area contributed by atoms with Gasteiger partial charge >= 0.3 is 5.69 Å². The molecule has 1 aromatic carbocycles. The molecule has 2 aromatic rings. The van der Waals surface area contributed by atoms with Gasteiger partial charge in [-0.15, -0.1) is 0 Å². The molecule has 1 N–H and O–H groups in total. The van der Waals surface area contributed by atoms with E-state index in [0.717, 1.165) is 5.76 Å². The van der Waals surface area contributed by atoms with Crippen LogP contribution in [-0.4, -0.2) is 18.1 Å². The number of para-hydroxylation sites is 2. The molecule has 0 bridgehead atoms. The van der Waals surface area contributed by atoms with E-state index in [4.69, 9.17) is 9.15 Å². The lowest BCUT2D eigenvalue weighted by molar-refractivity contribution is -0.385. The molecule has 0 fully saturated rings. The molecule has 0 amide bonds. The van der Waals surface area contributed by atoms with Gasteiger partial charge in [0.25, 0.3) is 0 Å². The summed E-state index contributed by atoms with van der Waals surface area (Å²) < 4.78 is 10.5.